The van der Waals surface area contributed by atoms with Crippen LogP contribution < -0.4 is 9.64 Å². The van der Waals surface area contributed by atoms with Crippen LogP contribution in [-0.4, -0.2) is 23.7 Å². The Kier molecular flexibility index (Phi) is 2.70. The third-order valence-electron chi connectivity index (χ3n) is 2.14. The number of ether oxygens (including phenoxy) is 1. The number of carbonyl (C=O) groups excluding carboxylic acids is 2. The number of hydrogen-bond acceptors (Lipinski definition) is 4. The first-order valence-corrected chi connectivity index (χ1v) is 4.62. The van der Waals surface area contributed by atoms with E-state index in [1.54, 1.807) is 24.3 Å². The van der Waals surface area contributed by atoms with E-state index in [1.165, 1.54) is 12.2 Å². The van der Waals surface area contributed by atoms with Crippen LogP contribution in [0.3, 0.4) is 0 Å². The lowest BCUT2D eigenvalue weighted by atomic mass is 10.3. The second-order valence-electron chi connectivity index (χ2n) is 3.11. The summed E-state index contributed by atoms with van der Waals surface area (Å²) in [4.78, 5) is 23.7. The molecule has 1 aliphatic rings. The molecule has 2 amide bonds. The average Bonchev–Trinajstić information content (AvgIpc) is 2.61. The van der Waals surface area contributed by atoms with E-state index in [0.29, 0.717) is 11.4 Å². The van der Waals surface area contributed by atoms with Crippen molar-refractivity contribution in [3.05, 3.63) is 36.4 Å². The average molecular weight is 219 g/mol. The van der Waals surface area contributed by atoms with Crippen LogP contribution in [0.1, 0.15) is 0 Å². The third-order valence-corrected chi connectivity index (χ3v) is 2.14. The molecule has 0 aromatic heterocycles. The SMILES string of the molecule is O=C1C=CC(=O)N1c1ccc(OCO)cc1. The number of anilines is 1. The van der Waals surface area contributed by atoms with Crippen molar-refractivity contribution < 1.29 is 19.4 Å². The summed E-state index contributed by atoms with van der Waals surface area (Å²) < 4.78 is 4.83. The van der Waals surface area contributed by atoms with Crippen LogP contribution >= 0.6 is 0 Å². The lowest BCUT2D eigenvalue weighted by Crippen LogP contribution is -2.29. The van der Waals surface area contributed by atoms with Crippen molar-refractivity contribution in [3.8, 4) is 5.75 Å². The standard InChI is InChI=1S/C11H9NO4/c13-7-16-9-3-1-8(2-4-9)12-10(14)5-6-11(12)15/h1-6,13H,7H2. The van der Waals surface area contributed by atoms with Crippen LogP contribution in [0.15, 0.2) is 36.4 Å². The van der Waals surface area contributed by atoms with E-state index in [1.807, 2.05) is 0 Å². The monoisotopic (exact) mass is 219 g/mol. The van der Waals surface area contributed by atoms with E-state index in [-0.39, 0.29) is 11.8 Å². The van der Waals surface area contributed by atoms with Gasteiger partial charge < -0.3 is 9.84 Å². The predicted octanol–water partition coefficient (Wildman–Crippen LogP) is 0.445. The Labute approximate surface area is 91.6 Å². The molecule has 0 saturated carbocycles. The zero-order chi connectivity index (χ0) is 11.5. The van der Waals surface area contributed by atoms with Gasteiger partial charge in [0, 0.05) is 12.2 Å². The van der Waals surface area contributed by atoms with Crippen molar-refractivity contribution >= 4 is 17.5 Å². The summed E-state index contributed by atoms with van der Waals surface area (Å²) in [7, 11) is 0. The van der Waals surface area contributed by atoms with E-state index in [0.717, 1.165) is 4.90 Å². The predicted molar refractivity (Wildman–Crippen MR) is 55.8 cm³/mol. The number of aliphatic hydroxyl groups is 1. The minimum atomic E-state index is -0.414. The molecule has 2 rings (SSSR count). The highest BCUT2D eigenvalue weighted by atomic mass is 16.6. The topological polar surface area (TPSA) is 66.8 Å². The van der Waals surface area contributed by atoms with Gasteiger partial charge >= 0.3 is 0 Å². The number of carbonyl (C=O) groups is 2. The Balaban J connectivity index is 2.22. The van der Waals surface area contributed by atoms with E-state index in [4.69, 9.17) is 9.84 Å². The molecule has 0 fully saturated rings. The second-order valence-corrected chi connectivity index (χ2v) is 3.11. The Morgan fingerprint density at radius 2 is 1.62 bits per heavy atom. The summed E-state index contributed by atoms with van der Waals surface area (Å²) in [5, 5.41) is 8.53. The van der Waals surface area contributed by atoms with Gasteiger partial charge in [-0.1, -0.05) is 0 Å². The number of benzene rings is 1. The van der Waals surface area contributed by atoms with Gasteiger partial charge in [-0.25, -0.2) is 4.90 Å². The van der Waals surface area contributed by atoms with Gasteiger partial charge in [0.05, 0.1) is 5.69 Å². The fourth-order valence-corrected chi connectivity index (χ4v) is 1.42. The van der Waals surface area contributed by atoms with Crippen LogP contribution in [0, 0.1) is 0 Å². The van der Waals surface area contributed by atoms with E-state index < -0.39 is 6.79 Å². The Morgan fingerprint density at radius 1 is 1.06 bits per heavy atom. The minimum Gasteiger partial charge on any atom is -0.468 e. The molecule has 1 aliphatic heterocycles. The molecule has 0 atom stereocenters. The van der Waals surface area contributed by atoms with Gasteiger partial charge in [-0.15, -0.1) is 0 Å². The third kappa shape index (κ3) is 1.80. The molecule has 0 radical (unpaired) electrons. The number of nitrogens with zero attached hydrogens (tertiary/aromatic N) is 1. The molecular weight excluding hydrogens is 210 g/mol. The van der Waals surface area contributed by atoms with Gasteiger partial charge in [0.1, 0.15) is 5.75 Å². The number of rotatable bonds is 3. The number of imide groups is 1. The van der Waals surface area contributed by atoms with Crippen molar-refractivity contribution in [2.45, 2.75) is 0 Å². The van der Waals surface area contributed by atoms with Crippen molar-refractivity contribution in [1.82, 2.24) is 0 Å². The molecule has 0 spiro atoms. The molecule has 5 heteroatoms. The Hall–Kier alpha value is -2.14. The molecule has 1 aromatic rings. The molecule has 1 aromatic carbocycles. The molecule has 0 aliphatic carbocycles. The molecule has 1 heterocycles. The van der Waals surface area contributed by atoms with Crippen LogP contribution in [0.5, 0.6) is 5.75 Å². The van der Waals surface area contributed by atoms with Crippen LogP contribution in [-0.2, 0) is 9.59 Å². The first kappa shape index (κ1) is 10.4. The summed E-state index contributed by atoms with van der Waals surface area (Å²) in [6.07, 6.45) is 2.45. The Morgan fingerprint density at radius 3 is 2.12 bits per heavy atom. The van der Waals surface area contributed by atoms with Crippen molar-refractivity contribution in [2.24, 2.45) is 0 Å². The fraction of sp³-hybridized carbons (Fsp3) is 0.0909. The summed E-state index contributed by atoms with van der Waals surface area (Å²) in [5.41, 5.74) is 0.477. The van der Waals surface area contributed by atoms with E-state index in [9.17, 15) is 9.59 Å². The second kappa shape index (κ2) is 4.16. The summed E-state index contributed by atoms with van der Waals surface area (Å²) >= 11 is 0. The maximum atomic E-state index is 11.3. The molecule has 16 heavy (non-hydrogen) atoms. The van der Waals surface area contributed by atoms with Gasteiger partial charge in [0.15, 0.2) is 6.79 Å². The van der Waals surface area contributed by atoms with Crippen LogP contribution in [0.25, 0.3) is 0 Å². The highest BCUT2D eigenvalue weighted by Gasteiger charge is 2.24. The number of amides is 2. The Bertz CT molecular complexity index is 432. The van der Waals surface area contributed by atoms with Crippen LogP contribution in [0.4, 0.5) is 5.69 Å². The zero-order valence-electron chi connectivity index (χ0n) is 8.29. The number of hydrogen-bond donors (Lipinski definition) is 1. The lowest BCUT2D eigenvalue weighted by molar-refractivity contribution is -0.119. The zero-order valence-corrected chi connectivity index (χ0v) is 8.29. The first-order chi connectivity index (χ1) is 7.72. The molecule has 0 bridgehead atoms. The minimum absolute atomic E-state index is 0.360. The van der Waals surface area contributed by atoms with E-state index >= 15 is 0 Å². The molecule has 5 nitrogen and oxygen atoms in total. The largest absolute Gasteiger partial charge is 0.468 e. The molecule has 82 valence electrons. The molecule has 1 N–H and O–H groups in total. The smallest absolute Gasteiger partial charge is 0.258 e. The van der Waals surface area contributed by atoms with Gasteiger partial charge in [0.2, 0.25) is 0 Å². The summed E-state index contributed by atoms with van der Waals surface area (Å²) in [6.45, 7) is -0.414. The molecule has 0 saturated heterocycles. The van der Waals surface area contributed by atoms with Crippen molar-refractivity contribution in [3.63, 3.8) is 0 Å². The van der Waals surface area contributed by atoms with Gasteiger partial charge in [0.25, 0.3) is 11.8 Å². The van der Waals surface area contributed by atoms with Gasteiger partial charge in [-0.2, -0.15) is 0 Å². The van der Waals surface area contributed by atoms with Crippen LogP contribution in [0.2, 0.25) is 0 Å². The molecule has 0 unspecified atom stereocenters. The highest BCUT2D eigenvalue weighted by Crippen LogP contribution is 2.22. The van der Waals surface area contributed by atoms with Gasteiger partial charge in [-0.3, -0.25) is 9.59 Å². The maximum Gasteiger partial charge on any atom is 0.258 e. The lowest BCUT2D eigenvalue weighted by Gasteiger charge is -2.13. The quantitative estimate of drug-likeness (QED) is 0.592. The normalized spacial score (nSPS) is 14.7. The highest BCUT2D eigenvalue weighted by molar-refractivity contribution is 6.28. The van der Waals surface area contributed by atoms with E-state index in [2.05, 4.69) is 0 Å². The summed E-state index contributed by atoms with van der Waals surface area (Å²) in [5.74, 6) is -0.250. The fourth-order valence-electron chi connectivity index (χ4n) is 1.42. The van der Waals surface area contributed by atoms with Crippen molar-refractivity contribution in [2.75, 3.05) is 11.7 Å². The van der Waals surface area contributed by atoms with Crippen molar-refractivity contribution in [1.29, 1.82) is 0 Å². The first-order valence-electron chi connectivity index (χ1n) is 4.62. The number of aliphatic hydroxyl groups excluding tert-OH is 1. The summed E-state index contributed by atoms with van der Waals surface area (Å²) in [6, 6.07) is 6.30. The molecular formula is C11H9NO4. The maximum absolute atomic E-state index is 11.3. The van der Waals surface area contributed by atoms with Gasteiger partial charge in [-0.05, 0) is 24.3 Å².